The number of hydrogen-bond acceptors (Lipinski definition) is 2. The Bertz CT molecular complexity index is 789. The van der Waals surface area contributed by atoms with Gasteiger partial charge in [0.05, 0.1) is 0 Å². The van der Waals surface area contributed by atoms with Gasteiger partial charge in [-0.05, 0) is 61.0 Å². The molecule has 4 unspecified atom stereocenters. The molecule has 0 spiro atoms. The van der Waals surface area contributed by atoms with Crippen LogP contribution in [0.4, 0.5) is 0 Å². The van der Waals surface area contributed by atoms with Gasteiger partial charge < -0.3 is 10.2 Å². The molecular weight excluding hydrogens is 332 g/mol. The van der Waals surface area contributed by atoms with Gasteiger partial charge >= 0.3 is 0 Å². The molecule has 4 atom stereocenters. The predicted octanol–water partition coefficient (Wildman–Crippen LogP) is 4.83. The molecule has 1 heterocycles. The van der Waals surface area contributed by atoms with Crippen LogP contribution in [0.2, 0.25) is 0 Å². The van der Waals surface area contributed by atoms with Crippen molar-refractivity contribution in [1.29, 1.82) is 0 Å². The Kier molecular flexibility index (Phi) is 4.94. The van der Waals surface area contributed by atoms with Crippen molar-refractivity contribution >= 4 is 17.7 Å². The number of amides is 1. The number of hydrogen-bond donors (Lipinski definition) is 1. The molecule has 2 fully saturated rings. The molecule has 1 aliphatic heterocycles. The molecule has 1 aromatic rings. The van der Waals surface area contributed by atoms with E-state index in [0.717, 1.165) is 29.4 Å². The number of carbonyl (C=O) groups is 1. The van der Waals surface area contributed by atoms with Crippen molar-refractivity contribution in [2.75, 3.05) is 7.05 Å². The summed E-state index contributed by atoms with van der Waals surface area (Å²) in [6.45, 7) is 6.01. The number of nitrogens with zero attached hydrogens (tertiary/aromatic N) is 1. The summed E-state index contributed by atoms with van der Waals surface area (Å²) in [6.07, 6.45) is 12.5. The van der Waals surface area contributed by atoms with E-state index >= 15 is 0 Å². The first-order valence-electron chi connectivity index (χ1n) is 10.3. The molecule has 0 saturated heterocycles. The molecule has 0 bridgehead atoms. The quantitative estimate of drug-likeness (QED) is 0.832. The lowest BCUT2D eigenvalue weighted by Gasteiger charge is -2.40. The zero-order valence-corrected chi connectivity index (χ0v) is 16.4. The minimum absolute atomic E-state index is 0.0484. The number of allylic oxidation sites excluding steroid dienone is 1. The third-order valence-corrected chi connectivity index (χ3v) is 6.84. The van der Waals surface area contributed by atoms with Crippen molar-refractivity contribution in [2.45, 2.75) is 45.1 Å². The van der Waals surface area contributed by atoms with E-state index in [-0.39, 0.29) is 11.8 Å². The summed E-state index contributed by atoms with van der Waals surface area (Å²) in [5.41, 5.74) is 4.52. The van der Waals surface area contributed by atoms with Crippen LogP contribution in [-0.2, 0) is 4.79 Å². The van der Waals surface area contributed by atoms with E-state index in [1.165, 1.54) is 36.9 Å². The van der Waals surface area contributed by atoms with Crippen LogP contribution in [0.1, 0.15) is 50.2 Å². The van der Waals surface area contributed by atoms with E-state index in [4.69, 9.17) is 0 Å². The monoisotopic (exact) mass is 362 g/mol. The van der Waals surface area contributed by atoms with Crippen LogP contribution >= 0.6 is 0 Å². The minimum Gasteiger partial charge on any atom is -0.355 e. The van der Waals surface area contributed by atoms with Crippen molar-refractivity contribution in [3.63, 3.8) is 0 Å². The molecule has 3 aliphatic rings. The van der Waals surface area contributed by atoms with Crippen molar-refractivity contribution in [2.24, 2.45) is 17.8 Å². The molecule has 1 N–H and O–H groups in total. The van der Waals surface area contributed by atoms with Crippen LogP contribution in [0.15, 0.2) is 48.7 Å². The standard InChI is InChI=1S/C24H30N2O/c1-4-17-6-8-19(9-7-17)22-13-5-16(2)21(24(27)25-3)15-26(22)23-14-11-18-10-12-20(18)23/h4,6-9,13,15-16,18,20,23H,1,5,10-12,14H2,2-3H3,(H,25,27). The van der Waals surface area contributed by atoms with Gasteiger partial charge in [-0.15, -0.1) is 0 Å². The Morgan fingerprint density at radius 2 is 1.93 bits per heavy atom. The highest BCUT2D eigenvalue weighted by molar-refractivity contribution is 5.94. The summed E-state index contributed by atoms with van der Waals surface area (Å²) in [4.78, 5) is 15.0. The van der Waals surface area contributed by atoms with Gasteiger partial charge in [-0.25, -0.2) is 0 Å². The lowest BCUT2D eigenvalue weighted by molar-refractivity contribution is -0.117. The highest BCUT2D eigenvalue weighted by Crippen LogP contribution is 2.50. The normalized spacial score (nSPS) is 29.8. The SMILES string of the molecule is C=Cc1ccc(C2=CCC(C)C(C(=O)NC)=CN2C2CCC3CCC32)cc1. The summed E-state index contributed by atoms with van der Waals surface area (Å²) < 4.78 is 0. The number of likely N-dealkylation sites (N-methyl/N-ethyl adjacent to an activating group) is 1. The summed E-state index contributed by atoms with van der Waals surface area (Å²) in [5.74, 6) is 1.93. The summed E-state index contributed by atoms with van der Waals surface area (Å²) in [5, 5.41) is 2.84. The van der Waals surface area contributed by atoms with E-state index in [2.05, 4.69) is 60.3 Å². The maximum atomic E-state index is 12.5. The molecule has 1 aromatic carbocycles. The highest BCUT2D eigenvalue weighted by Gasteiger charge is 2.45. The smallest absolute Gasteiger partial charge is 0.248 e. The Morgan fingerprint density at radius 1 is 1.19 bits per heavy atom. The van der Waals surface area contributed by atoms with Gasteiger partial charge in [0.1, 0.15) is 0 Å². The molecule has 4 rings (SSSR count). The molecule has 0 aromatic heterocycles. The molecule has 2 saturated carbocycles. The fraction of sp³-hybridized carbons (Fsp3) is 0.458. The summed E-state index contributed by atoms with van der Waals surface area (Å²) >= 11 is 0. The van der Waals surface area contributed by atoms with Crippen LogP contribution in [0.25, 0.3) is 11.8 Å². The number of fused-ring (bicyclic) bond motifs is 1. The van der Waals surface area contributed by atoms with Gasteiger partial charge in [0, 0.05) is 30.6 Å². The number of rotatable bonds is 4. The predicted molar refractivity (Wildman–Crippen MR) is 112 cm³/mol. The molecule has 2 aliphatic carbocycles. The van der Waals surface area contributed by atoms with Crippen molar-refractivity contribution in [1.82, 2.24) is 10.2 Å². The van der Waals surface area contributed by atoms with Crippen LogP contribution in [0, 0.1) is 17.8 Å². The average Bonchev–Trinajstić information content (AvgIpc) is 2.85. The van der Waals surface area contributed by atoms with Gasteiger partial charge in [0.2, 0.25) is 5.91 Å². The second-order valence-electron chi connectivity index (χ2n) is 8.27. The largest absolute Gasteiger partial charge is 0.355 e. The van der Waals surface area contributed by atoms with Gasteiger partial charge in [-0.1, -0.05) is 49.9 Å². The third-order valence-electron chi connectivity index (χ3n) is 6.84. The van der Waals surface area contributed by atoms with Gasteiger partial charge in [0.25, 0.3) is 0 Å². The maximum Gasteiger partial charge on any atom is 0.248 e. The molecular formula is C24H30N2O. The maximum absolute atomic E-state index is 12.5. The fourth-order valence-corrected chi connectivity index (χ4v) is 5.03. The van der Waals surface area contributed by atoms with Crippen molar-refractivity contribution < 1.29 is 4.79 Å². The van der Waals surface area contributed by atoms with Gasteiger partial charge in [-0.2, -0.15) is 0 Å². The zero-order chi connectivity index (χ0) is 19.0. The molecule has 3 nitrogen and oxygen atoms in total. The first-order chi connectivity index (χ1) is 13.1. The average molecular weight is 363 g/mol. The Labute approximate surface area is 162 Å². The number of nitrogens with one attached hydrogen (secondary N) is 1. The lowest BCUT2D eigenvalue weighted by Crippen LogP contribution is -2.39. The minimum atomic E-state index is 0.0484. The van der Waals surface area contributed by atoms with Crippen LogP contribution in [0.3, 0.4) is 0 Å². The third kappa shape index (κ3) is 3.24. The number of carbonyl (C=O) groups excluding carboxylic acids is 1. The van der Waals surface area contributed by atoms with Crippen LogP contribution < -0.4 is 5.32 Å². The number of benzene rings is 1. The van der Waals surface area contributed by atoms with Gasteiger partial charge in [-0.3, -0.25) is 4.79 Å². The molecule has 1 amide bonds. The topological polar surface area (TPSA) is 32.3 Å². The Hall–Kier alpha value is -2.29. The Morgan fingerprint density at radius 3 is 2.52 bits per heavy atom. The van der Waals surface area contributed by atoms with Crippen molar-refractivity contribution in [3.05, 3.63) is 59.8 Å². The molecule has 142 valence electrons. The first kappa shape index (κ1) is 18.1. The molecule has 27 heavy (non-hydrogen) atoms. The zero-order valence-electron chi connectivity index (χ0n) is 16.4. The van der Waals surface area contributed by atoms with Crippen LogP contribution in [0.5, 0.6) is 0 Å². The van der Waals surface area contributed by atoms with Crippen molar-refractivity contribution in [3.8, 4) is 0 Å². The second kappa shape index (κ2) is 7.38. The molecule has 0 radical (unpaired) electrons. The Balaban J connectivity index is 1.75. The van der Waals surface area contributed by atoms with E-state index in [9.17, 15) is 4.79 Å². The summed E-state index contributed by atoms with van der Waals surface area (Å²) in [6, 6.07) is 9.14. The van der Waals surface area contributed by atoms with E-state index in [1.807, 2.05) is 6.08 Å². The van der Waals surface area contributed by atoms with Crippen LogP contribution in [-0.4, -0.2) is 23.9 Å². The lowest BCUT2D eigenvalue weighted by atomic mass is 9.74. The highest BCUT2D eigenvalue weighted by atomic mass is 16.1. The van der Waals surface area contributed by atoms with Gasteiger partial charge in [0.15, 0.2) is 0 Å². The first-order valence-corrected chi connectivity index (χ1v) is 10.3. The van der Waals surface area contributed by atoms with E-state index in [1.54, 1.807) is 7.05 Å². The van der Waals surface area contributed by atoms with E-state index in [0.29, 0.717) is 6.04 Å². The summed E-state index contributed by atoms with van der Waals surface area (Å²) in [7, 11) is 1.73. The molecule has 3 heteroatoms. The van der Waals surface area contributed by atoms with E-state index < -0.39 is 0 Å². The fourth-order valence-electron chi connectivity index (χ4n) is 5.03. The second-order valence-corrected chi connectivity index (χ2v) is 8.27.